The summed E-state index contributed by atoms with van der Waals surface area (Å²) in [6.07, 6.45) is 4.96. The lowest BCUT2D eigenvalue weighted by Crippen LogP contribution is -2.50. The van der Waals surface area contributed by atoms with Crippen LogP contribution in [-0.4, -0.2) is 29.7 Å². The van der Waals surface area contributed by atoms with Crippen LogP contribution >= 0.6 is 12.4 Å². The predicted molar refractivity (Wildman–Crippen MR) is 87.2 cm³/mol. The van der Waals surface area contributed by atoms with E-state index < -0.39 is 6.10 Å². The van der Waals surface area contributed by atoms with Gasteiger partial charge in [0.1, 0.15) is 0 Å². The molecule has 0 heterocycles. The van der Waals surface area contributed by atoms with E-state index in [9.17, 15) is 9.90 Å². The zero-order valence-electron chi connectivity index (χ0n) is 13.5. The van der Waals surface area contributed by atoms with E-state index >= 15 is 0 Å². The van der Waals surface area contributed by atoms with Crippen molar-refractivity contribution in [3.05, 3.63) is 0 Å². The van der Waals surface area contributed by atoms with E-state index in [1.54, 1.807) is 0 Å². The van der Waals surface area contributed by atoms with Crippen LogP contribution in [0.15, 0.2) is 0 Å². The summed E-state index contributed by atoms with van der Waals surface area (Å²) in [7, 11) is 0. The Balaban J connectivity index is 0.00000220. The number of nitrogens with one attached hydrogen (secondary N) is 1. The molecule has 0 saturated heterocycles. The minimum Gasteiger partial charge on any atom is -0.391 e. The molecule has 4 N–H and O–H groups in total. The van der Waals surface area contributed by atoms with Gasteiger partial charge in [0.15, 0.2) is 0 Å². The van der Waals surface area contributed by atoms with Crippen LogP contribution in [0, 0.1) is 23.2 Å². The van der Waals surface area contributed by atoms with Gasteiger partial charge in [-0.1, -0.05) is 27.2 Å². The van der Waals surface area contributed by atoms with E-state index in [0.717, 1.165) is 12.8 Å². The number of nitrogens with two attached hydrogens (primary N) is 1. The number of aliphatic hydroxyl groups is 1. The lowest BCUT2D eigenvalue weighted by atomic mass is 9.65. The Labute approximate surface area is 134 Å². The Morgan fingerprint density at radius 2 is 1.81 bits per heavy atom. The van der Waals surface area contributed by atoms with Crippen molar-refractivity contribution in [2.45, 2.75) is 65.0 Å². The Bertz CT molecular complexity index is 343. The van der Waals surface area contributed by atoms with Crippen molar-refractivity contribution in [3.8, 4) is 0 Å². The second kappa shape index (κ2) is 7.30. The topological polar surface area (TPSA) is 75.3 Å². The molecule has 2 rings (SSSR count). The van der Waals surface area contributed by atoms with Gasteiger partial charge < -0.3 is 16.2 Å². The van der Waals surface area contributed by atoms with E-state index in [0.29, 0.717) is 24.4 Å². The summed E-state index contributed by atoms with van der Waals surface area (Å²) in [6.45, 7) is 6.29. The van der Waals surface area contributed by atoms with Crippen LogP contribution in [0.3, 0.4) is 0 Å². The number of amides is 1. The third-order valence-corrected chi connectivity index (χ3v) is 5.25. The van der Waals surface area contributed by atoms with E-state index in [4.69, 9.17) is 5.73 Å². The van der Waals surface area contributed by atoms with Crippen molar-refractivity contribution in [1.29, 1.82) is 0 Å². The molecule has 4 nitrogen and oxygen atoms in total. The molecule has 1 amide bonds. The lowest BCUT2D eigenvalue weighted by Gasteiger charge is -2.43. The molecule has 0 aromatic heterocycles. The van der Waals surface area contributed by atoms with Gasteiger partial charge in [0.2, 0.25) is 5.91 Å². The van der Waals surface area contributed by atoms with E-state index in [1.165, 1.54) is 19.3 Å². The summed E-state index contributed by atoms with van der Waals surface area (Å²) in [6, 6.07) is 0.299. The largest absolute Gasteiger partial charge is 0.391 e. The normalized spacial score (nSPS) is 33.8. The van der Waals surface area contributed by atoms with Crippen molar-refractivity contribution >= 4 is 18.3 Å². The summed E-state index contributed by atoms with van der Waals surface area (Å²) in [5.74, 6) is 1.24. The number of carbonyl (C=O) groups excluding carboxylic acids is 1. The van der Waals surface area contributed by atoms with Gasteiger partial charge in [-0.3, -0.25) is 4.79 Å². The van der Waals surface area contributed by atoms with Crippen molar-refractivity contribution in [1.82, 2.24) is 5.32 Å². The van der Waals surface area contributed by atoms with Crippen LogP contribution in [0.1, 0.15) is 52.9 Å². The number of rotatable bonds is 3. The molecule has 2 aliphatic rings. The monoisotopic (exact) mass is 318 g/mol. The zero-order valence-corrected chi connectivity index (χ0v) is 14.3. The number of halogens is 1. The number of hydrogen-bond acceptors (Lipinski definition) is 3. The Kier molecular flexibility index (Phi) is 6.51. The molecule has 2 bridgehead atoms. The summed E-state index contributed by atoms with van der Waals surface area (Å²) >= 11 is 0. The summed E-state index contributed by atoms with van der Waals surface area (Å²) in [5.41, 5.74) is 6.06. The average Bonchev–Trinajstić information content (AvgIpc) is 2.33. The molecule has 3 atom stereocenters. The van der Waals surface area contributed by atoms with E-state index in [2.05, 4.69) is 5.32 Å². The van der Waals surface area contributed by atoms with Crippen molar-refractivity contribution in [2.75, 3.05) is 6.54 Å². The standard InChI is InChI=1S/C16H30N2O2.ClH/c1-16(2,3)13(19)9-18-15(20)12-7-10-5-4-6-11(8-12)14(10)17;/h10-14,19H,4-9,17H2,1-3H3,(H,18,20);1H. The lowest BCUT2D eigenvalue weighted by molar-refractivity contribution is -0.128. The van der Waals surface area contributed by atoms with Gasteiger partial charge in [-0.15, -0.1) is 12.4 Å². The summed E-state index contributed by atoms with van der Waals surface area (Å²) in [4.78, 5) is 12.3. The minimum atomic E-state index is -0.503. The summed E-state index contributed by atoms with van der Waals surface area (Å²) in [5, 5.41) is 12.9. The number of aliphatic hydroxyl groups excluding tert-OH is 1. The first kappa shape index (κ1) is 18.7. The van der Waals surface area contributed by atoms with Crippen LogP contribution in [0.4, 0.5) is 0 Å². The molecule has 0 aromatic rings. The molecule has 124 valence electrons. The van der Waals surface area contributed by atoms with Gasteiger partial charge in [-0.05, 0) is 42.9 Å². The van der Waals surface area contributed by atoms with Gasteiger partial charge in [-0.2, -0.15) is 0 Å². The van der Waals surface area contributed by atoms with Gasteiger partial charge >= 0.3 is 0 Å². The van der Waals surface area contributed by atoms with Gasteiger partial charge in [0.05, 0.1) is 6.10 Å². The first-order valence-corrected chi connectivity index (χ1v) is 8.00. The van der Waals surface area contributed by atoms with Crippen LogP contribution in [-0.2, 0) is 4.79 Å². The molecule has 21 heavy (non-hydrogen) atoms. The molecule has 0 aromatic carbocycles. The maximum atomic E-state index is 12.3. The molecule has 2 fully saturated rings. The van der Waals surface area contributed by atoms with Crippen LogP contribution in [0.5, 0.6) is 0 Å². The quantitative estimate of drug-likeness (QED) is 0.746. The molecule has 2 saturated carbocycles. The maximum Gasteiger partial charge on any atom is 0.223 e. The fourth-order valence-corrected chi connectivity index (χ4v) is 3.65. The number of fused-ring (bicyclic) bond motifs is 2. The van der Waals surface area contributed by atoms with Crippen LogP contribution in [0.2, 0.25) is 0 Å². The fraction of sp³-hybridized carbons (Fsp3) is 0.938. The molecule has 0 radical (unpaired) electrons. The molecule has 3 unspecified atom stereocenters. The Morgan fingerprint density at radius 3 is 2.29 bits per heavy atom. The highest BCUT2D eigenvalue weighted by Gasteiger charge is 2.40. The molecular weight excluding hydrogens is 288 g/mol. The van der Waals surface area contributed by atoms with Crippen molar-refractivity contribution < 1.29 is 9.90 Å². The highest BCUT2D eigenvalue weighted by Crippen LogP contribution is 2.41. The molecule has 0 spiro atoms. The Hall–Kier alpha value is -0.320. The number of hydrogen-bond donors (Lipinski definition) is 3. The van der Waals surface area contributed by atoms with Crippen molar-refractivity contribution in [3.63, 3.8) is 0 Å². The van der Waals surface area contributed by atoms with Crippen LogP contribution in [0.25, 0.3) is 0 Å². The van der Waals surface area contributed by atoms with Gasteiger partial charge in [-0.25, -0.2) is 0 Å². The SMILES string of the molecule is CC(C)(C)C(O)CNC(=O)C1CC2CCCC(C1)C2N.Cl. The summed E-state index contributed by atoms with van der Waals surface area (Å²) < 4.78 is 0. The second-order valence-corrected chi connectivity index (χ2v) is 7.82. The third kappa shape index (κ3) is 4.57. The second-order valence-electron chi connectivity index (χ2n) is 7.82. The van der Waals surface area contributed by atoms with E-state index in [1.807, 2.05) is 20.8 Å². The third-order valence-electron chi connectivity index (χ3n) is 5.25. The average molecular weight is 319 g/mol. The molecule has 5 heteroatoms. The molecular formula is C16H31ClN2O2. The maximum absolute atomic E-state index is 12.3. The van der Waals surface area contributed by atoms with Crippen LogP contribution < -0.4 is 11.1 Å². The first-order chi connectivity index (χ1) is 9.29. The Morgan fingerprint density at radius 1 is 1.29 bits per heavy atom. The fourth-order valence-electron chi connectivity index (χ4n) is 3.65. The highest BCUT2D eigenvalue weighted by atomic mass is 35.5. The molecule has 0 aliphatic heterocycles. The first-order valence-electron chi connectivity index (χ1n) is 8.00. The van der Waals surface area contributed by atoms with Gasteiger partial charge in [0.25, 0.3) is 0 Å². The highest BCUT2D eigenvalue weighted by molar-refractivity contribution is 5.85. The predicted octanol–water partition coefficient (Wildman–Crippen LogP) is 2.08. The smallest absolute Gasteiger partial charge is 0.223 e. The zero-order chi connectivity index (χ0) is 14.9. The van der Waals surface area contributed by atoms with Gasteiger partial charge in [0, 0.05) is 18.5 Å². The van der Waals surface area contributed by atoms with E-state index in [-0.39, 0.29) is 29.6 Å². The minimum absolute atomic E-state index is 0. The number of carbonyl (C=O) groups is 1. The van der Waals surface area contributed by atoms with Crippen molar-refractivity contribution in [2.24, 2.45) is 28.9 Å². The molecule has 2 aliphatic carbocycles.